The van der Waals surface area contributed by atoms with Crippen molar-refractivity contribution in [2.75, 3.05) is 20.1 Å². The Labute approximate surface area is 101 Å². The lowest BCUT2D eigenvalue weighted by molar-refractivity contribution is -0.138. The summed E-state index contributed by atoms with van der Waals surface area (Å²) in [6, 6.07) is 7.61. The molecule has 4 nitrogen and oxygen atoms in total. The zero-order valence-corrected chi connectivity index (χ0v) is 10.1. The molecule has 0 saturated carbocycles. The number of nitrogens with zero attached hydrogens (tertiary/aromatic N) is 2. The zero-order chi connectivity index (χ0) is 12.4. The van der Waals surface area contributed by atoms with Crippen LogP contribution in [0.1, 0.15) is 24.0 Å². The van der Waals surface area contributed by atoms with Gasteiger partial charge in [-0.15, -0.1) is 0 Å². The maximum Gasteiger partial charge on any atom is 0.310 e. The van der Waals surface area contributed by atoms with Crippen LogP contribution in [0.3, 0.4) is 0 Å². The van der Waals surface area contributed by atoms with Crippen molar-refractivity contribution in [3.05, 3.63) is 35.4 Å². The molecular formula is C13H16N2O2. The molecule has 1 unspecified atom stereocenters. The van der Waals surface area contributed by atoms with E-state index in [1.165, 1.54) is 0 Å². The van der Waals surface area contributed by atoms with Crippen LogP contribution in [0.2, 0.25) is 0 Å². The van der Waals surface area contributed by atoms with E-state index < -0.39 is 11.9 Å². The molecule has 0 aromatic heterocycles. The lowest BCUT2D eigenvalue weighted by Crippen LogP contribution is -2.23. The van der Waals surface area contributed by atoms with E-state index in [1.54, 1.807) is 6.92 Å². The number of rotatable bonds is 3. The molecule has 0 amide bonds. The molecule has 1 aliphatic rings. The third-order valence-electron chi connectivity index (χ3n) is 3.10. The number of aliphatic carboxylic acids is 1. The number of carboxylic acid groups (broad SMARTS) is 1. The first kappa shape index (κ1) is 11.6. The lowest BCUT2D eigenvalue weighted by Gasteiger charge is -2.14. The molecule has 1 atom stereocenters. The van der Waals surface area contributed by atoms with Gasteiger partial charge in [-0.3, -0.25) is 9.79 Å². The molecule has 1 heterocycles. The third-order valence-corrected chi connectivity index (χ3v) is 3.10. The van der Waals surface area contributed by atoms with E-state index in [0.29, 0.717) is 0 Å². The molecule has 1 aromatic carbocycles. The Morgan fingerprint density at radius 1 is 1.41 bits per heavy atom. The maximum atomic E-state index is 10.9. The van der Waals surface area contributed by atoms with Crippen molar-refractivity contribution in [2.45, 2.75) is 12.8 Å². The van der Waals surface area contributed by atoms with Gasteiger partial charge >= 0.3 is 5.97 Å². The van der Waals surface area contributed by atoms with Gasteiger partial charge in [0.05, 0.1) is 12.5 Å². The fraction of sp³-hybridized carbons (Fsp3) is 0.385. The predicted octanol–water partition coefficient (Wildman–Crippen LogP) is 1.57. The van der Waals surface area contributed by atoms with E-state index in [1.807, 2.05) is 31.3 Å². The van der Waals surface area contributed by atoms with E-state index in [2.05, 4.69) is 9.89 Å². The van der Waals surface area contributed by atoms with Gasteiger partial charge in [-0.25, -0.2) is 0 Å². The summed E-state index contributed by atoms with van der Waals surface area (Å²) in [4.78, 5) is 17.4. The largest absolute Gasteiger partial charge is 0.481 e. The molecular weight excluding hydrogens is 216 g/mol. The molecule has 0 spiro atoms. The highest BCUT2D eigenvalue weighted by Crippen LogP contribution is 2.17. The topological polar surface area (TPSA) is 52.9 Å². The first-order valence-corrected chi connectivity index (χ1v) is 5.68. The Balaban J connectivity index is 2.21. The van der Waals surface area contributed by atoms with Crippen molar-refractivity contribution in [3.8, 4) is 0 Å². The van der Waals surface area contributed by atoms with Gasteiger partial charge in [-0.2, -0.15) is 0 Å². The highest BCUT2D eigenvalue weighted by molar-refractivity contribution is 5.99. The minimum atomic E-state index is -0.798. The fourth-order valence-corrected chi connectivity index (χ4v) is 1.91. The van der Waals surface area contributed by atoms with Crippen LogP contribution < -0.4 is 0 Å². The first-order valence-electron chi connectivity index (χ1n) is 5.68. The van der Waals surface area contributed by atoms with Crippen LogP contribution in [0.25, 0.3) is 0 Å². The second kappa shape index (κ2) is 4.57. The third kappa shape index (κ3) is 2.30. The Morgan fingerprint density at radius 3 is 2.53 bits per heavy atom. The number of amidine groups is 1. The van der Waals surface area contributed by atoms with Crippen LogP contribution >= 0.6 is 0 Å². The summed E-state index contributed by atoms with van der Waals surface area (Å²) >= 11 is 0. The van der Waals surface area contributed by atoms with Gasteiger partial charge in [0.25, 0.3) is 0 Å². The zero-order valence-electron chi connectivity index (χ0n) is 10.1. The van der Waals surface area contributed by atoms with Crippen molar-refractivity contribution in [3.63, 3.8) is 0 Å². The predicted molar refractivity (Wildman–Crippen MR) is 66.5 cm³/mol. The number of carboxylic acids is 1. The van der Waals surface area contributed by atoms with Crippen LogP contribution in [0, 0.1) is 0 Å². The molecule has 0 aliphatic carbocycles. The number of aliphatic imine (C=N–C) groups is 1. The highest BCUT2D eigenvalue weighted by atomic mass is 16.4. The summed E-state index contributed by atoms with van der Waals surface area (Å²) in [6.07, 6.45) is 0. The Bertz CT molecular complexity index is 451. The Morgan fingerprint density at radius 2 is 2.06 bits per heavy atom. The van der Waals surface area contributed by atoms with Crippen molar-refractivity contribution in [2.24, 2.45) is 4.99 Å². The van der Waals surface area contributed by atoms with Crippen molar-refractivity contribution >= 4 is 11.8 Å². The maximum absolute atomic E-state index is 10.9. The summed E-state index contributed by atoms with van der Waals surface area (Å²) in [5, 5.41) is 8.93. The monoisotopic (exact) mass is 232 g/mol. The minimum absolute atomic E-state index is 0.465. The van der Waals surface area contributed by atoms with E-state index in [0.717, 1.165) is 30.1 Å². The minimum Gasteiger partial charge on any atom is -0.481 e. The SMILES string of the molecule is CC(C(=O)O)c1ccc(C2=NCCN2C)cc1. The van der Waals surface area contributed by atoms with Gasteiger partial charge in [0, 0.05) is 19.2 Å². The number of carbonyl (C=O) groups is 1. The number of hydrogen-bond donors (Lipinski definition) is 1. The highest BCUT2D eigenvalue weighted by Gasteiger charge is 2.16. The van der Waals surface area contributed by atoms with Crippen LogP contribution in [0.15, 0.2) is 29.3 Å². The average Bonchev–Trinajstić information content (AvgIpc) is 2.74. The van der Waals surface area contributed by atoms with E-state index in [-0.39, 0.29) is 0 Å². The lowest BCUT2D eigenvalue weighted by atomic mass is 10.00. The second-order valence-corrected chi connectivity index (χ2v) is 4.31. The summed E-state index contributed by atoms with van der Waals surface area (Å²) in [7, 11) is 2.01. The van der Waals surface area contributed by atoms with E-state index in [9.17, 15) is 4.79 Å². The van der Waals surface area contributed by atoms with E-state index >= 15 is 0 Å². The molecule has 17 heavy (non-hydrogen) atoms. The molecule has 2 rings (SSSR count). The average molecular weight is 232 g/mol. The standard InChI is InChI=1S/C13H16N2O2/c1-9(13(16)17)10-3-5-11(6-4-10)12-14-7-8-15(12)2/h3-6,9H,7-8H2,1-2H3,(H,16,17). The Kier molecular flexibility index (Phi) is 3.13. The van der Waals surface area contributed by atoms with Gasteiger partial charge < -0.3 is 10.0 Å². The van der Waals surface area contributed by atoms with Crippen LogP contribution in [-0.2, 0) is 4.79 Å². The molecule has 0 radical (unpaired) electrons. The van der Waals surface area contributed by atoms with Crippen LogP contribution in [-0.4, -0.2) is 41.9 Å². The van der Waals surface area contributed by atoms with Gasteiger partial charge in [0.15, 0.2) is 0 Å². The Hall–Kier alpha value is -1.84. The summed E-state index contributed by atoms with van der Waals surface area (Å²) < 4.78 is 0. The number of likely N-dealkylation sites (N-methyl/N-ethyl adjacent to an activating group) is 1. The number of benzene rings is 1. The van der Waals surface area contributed by atoms with Gasteiger partial charge in [0.1, 0.15) is 5.84 Å². The molecule has 0 fully saturated rings. The quantitative estimate of drug-likeness (QED) is 0.860. The number of hydrogen-bond acceptors (Lipinski definition) is 3. The summed E-state index contributed by atoms with van der Waals surface area (Å²) in [5.41, 5.74) is 1.87. The second-order valence-electron chi connectivity index (χ2n) is 4.31. The molecule has 1 N–H and O–H groups in total. The molecule has 4 heteroatoms. The van der Waals surface area contributed by atoms with Crippen LogP contribution in [0.5, 0.6) is 0 Å². The normalized spacial score (nSPS) is 16.8. The summed E-state index contributed by atoms with van der Waals surface area (Å²) in [5.74, 6) is -0.278. The molecule has 90 valence electrons. The molecule has 1 aliphatic heterocycles. The molecule has 0 bridgehead atoms. The smallest absolute Gasteiger partial charge is 0.310 e. The molecule has 1 aromatic rings. The summed E-state index contributed by atoms with van der Waals surface area (Å²) in [6.45, 7) is 3.47. The van der Waals surface area contributed by atoms with Gasteiger partial charge in [0.2, 0.25) is 0 Å². The van der Waals surface area contributed by atoms with Crippen molar-refractivity contribution in [1.82, 2.24) is 4.90 Å². The van der Waals surface area contributed by atoms with E-state index in [4.69, 9.17) is 5.11 Å². The van der Waals surface area contributed by atoms with Gasteiger partial charge in [-0.05, 0) is 12.5 Å². The van der Waals surface area contributed by atoms with Crippen molar-refractivity contribution in [1.29, 1.82) is 0 Å². The molecule has 0 saturated heterocycles. The first-order chi connectivity index (χ1) is 8.09. The fourth-order valence-electron chi connectivity index (χ4n) is 1.91. The van der Waals surface area contributed by atoms with Crippen LogP contribution in [0.4, 0.5) is 0 Å². The van der Waals surface area contributed by atoms with Crippen molar-refractivity contribution < 1.29 is 9.90 Å². The van der Waals surface area contributed by atoms with Gasteiger partial charge in [-0.1, -0.05) is 24.3 Å².